The van der Waals surface area contributed by atoms with E-state index in [9.17, 15) is 8.42 Å². The van der Waals surface area contributed by atoms with Crippen LogP contribution in [0.3, 0.4) is 0 Å². The third kappa shape index (κ3) is 2.70. The Morgan fingerprint density at radius 3 is 2.79 bits per heavy atom. The van der Waals surface area contributed by atoms with Gasteiger partial charge in [0.25, 0.3) is 10.0 Å². The van der Waals surface area contributed by atoms with Crippen molar-refractivity contribution < 1.29 is 8.42 Å². The van der Waals surface area contributed by atoms with E-state index >= 15 is 0 Å². The first-order valence-corrected chi connectivity index (χ1v) is 7.02. The van der Waals surface area contributed by atoms with Crippen LogP contribution in [0.4, 0.5) is 5.69 Å². The number of anilines is 1. The van der Waals surface area contributed by atoms with E-state index in [1.807, 2.05) is 6.07 Å². The van der Waals surface area contributed by atoms with Crippen molar-refractivity contribution in [2.75, 3.05) is 4.72 Å². The van der Waals surface area contributed by atoms with Crippen molar-refractivity contribution in [2.45, 2.75) is 11.8 Å². The highest BCUT2D eigenvalue weighted by Gasteiger charge is 2.19. The predicted molar refractivity (Wildman–Crippen MR) is 70.3 cm³/mol. The second-order valence-corrected chi connectivity index (χ2v) is 5.83. The zero-order valence-corrected chi connectivity index (χ0v) is 11.4. The summed E-state index contributed by atoms with van der Waals surface area (Å²) in [6, 6.07) is 6.25. The number of halogens is 1. The Hall–Kier alpha value is -2.04. The molecule has 2 N–H and O–H groups in total. The number of hydrogen-bond acceptors (Lipinski definition) is 4. The number of aromatic nitrogens is 2. The van der Waals surface area contributed by atoms with E-state index in [0.717, 1.165) is 0 Å². The van der Waals surface area contributed by atoms with Crippen LogP contribution in [0.25, 0.3) is 0 Å². The van der Waals surface area contributed by atoms with Gasteiger partial charge < -0.3 is 0 Å². The summed E-state index contributed by atoms with van der Waals surface area (Å²) in [5, 5.41) is 15.2. The summed E-state index contributed by atoms with van der Waals surface area (Å²) in [5.41, 5.74) is 0.882. The van der Waals surface area contributed by atoms with Crippen molar-refractivity contribution in [3.05, 3.63) is 40.7 Å². The van der Waals surface area contributed by atoms with Crippen LogP contribution in [0.1, 0.15) is 11.3 Å². The molecule has 0 fully saturated rings. The van der Waals surface area contributed by atoms with Gasteiger partial charge in [0, 0.05) is 0 Å². The Labute approximate surface area is 115 Å². The van der Waals surface area contributed by atoms with Crippen molar-refractivity contribution >= 4 is 27.3 Å². The number of benzene rings is 1. The van der Waals surface area contributed by atoms with Crippen LogP contribution in [0, 0.1) is 18.3 Å². The molecule has 0 amide bonds. The van der Waals surface area contributed by atoms with Crippen LogP contribution in [-0.4, -0.2) is 18.6 Å². The van der Waals surface area contributed by atoms with Gasteiger partial charge in [-0.25, -0.2) is 8.42 Å². The number of rotatable bonds is 3. The molecule has 6 nitrogen and oxygen atoms in total. The zero-order chi connectivity index (χ0) is 14.0. The highest BCUT2D eigenvalue weighted by molar-refractivity contribution is 7.92. The highest BCUT2D eigenvalue weighted by atomic mass is 35.5. The lowest BCUT2D eigenvalue weighted by atomic mass is 10.2. The molecule has 1 heterocycles. The number of nitrogens with one attached hydrogen (secondary N) is 2. The van der Waals surface area contributed by atoms with E-state index in [1.54, 1.807) is 6.92 Å². The molecule has 2 aromatic rings. The van der Waals surface area contributed by atoms with Crippen molar-refractivity contribution in [2.24, 2.45) is 0 Å². The molecule has 0 radical (unpaired) electrons. The molecular formula is C11H9ClN4O2S. The fourth-order valence-electron chi connectivity index (χ4n) is 1.48. The normalized spacial score (nSPS) is 11.0. The van der Waals surface area contributed by atoms with Crippen molar-refractivity contribution in [3.8, 4) is 6.07 Å². The smallest absolute Gasteiger partial charge is 0.265 e. The fraction of sp³-hybridized carbons (Fsp3) is 0.0909. The topological polar surface area (TPSA) is 98.6 Å². The number of sulfonamides is 1. The van der Waals surface area contributed by atoms with E-state index in [1.165, 1.54) is 24.4 Å². The third-order valence-corrected chi connectivity index (χ3v) is 4.22. The quantitative estimate of drug-likeness (QED) is 0.905. The lowest BCUT2D eigenvalue weighted by Crippen LogP contribution is -2.13. The Balaban J connectivity index is 2.42. The second kappa shape index (κ2) is 4.91. The largest absolute Gasteiger partial charge is 0.281 e. The zero-order valence-electron chi connectivity index (χ0n) is 9.81. The van der Waals surface area contributed by atoms with Crippen molar-refractivity contribution in [1.82, 2.24) is 10.2 Å². The average Bonchev–Trinajstić information content (AvgIpc) is 2.79. The summed E-state index contributed by atoms with van der Waals surface area (Å²) in [6.45, 7) is 1.59. The molecule has 0 unspecified atom stereocenters. The maximum Gasteiger partial charge on any atom is 0.265 e. The maximum atomic E-state index is 12.1. The molecule has 0 saturated carbocycles. The number of aryl methyl sites for hydroxylation is 1. The average molecular weight is 297 g/mol. The lowest BCUT2D eigenvalue weighted by Gasteiger charge is -2.09. The third-order valence-electron chi connectivity index (χ3n) is 2.41. The van der Waals surface area contributed by atoms with Crippen LogP contribution in [0.5, 0.6) is 0 Å². The molecule has 2 rings (SSSR count). The van der Waals surface area contributed by atoms with E-state index in [-0.39, 0.29) is 15.6 Å². The molecule has 1 aromatic carbocycles. The SMILES string of the molecule is Cc1[nH]ncc1S(=O)(=O)Nc1cc(C#N)ccc1Cl. The molecule has 1 aromatic heterocycles. The molecule has 0 bridgehead atoms. The molecule has 0 aliphatic carbocycles. The van der Waals surface area contributed by atoms with Crippen LogP contribution in [0.2, 0.25) is 5.02 Å². The van der Waals surface area contributed by atoms with Crippen LogP contribution in [0.15, 0.2) is 29.3 Å². The Bertz CT molecular complexity index is 761. The number of aromatic amines is 1. The summed E-state index contributed by atoms with van der Waals surface area (Å²) in [4.78, 5) is 0.0333. The van der Waals surface area contributed by atoms with E-state index in [0.29, 0.717) is 11.3 Å². The minimum Gasteiger partial charge on any atom is -0.281 e. The van der Waals surface area contributed by atoms with E-state index in [2.05, 4.69) is 14.9 Å². The van der Waals surface area contributed by atoms with Crippen molar-refractivity contribution in [1.29, 1.82) is 5.26 Å². The van der Waals surface area contributed by atoms with Crippen LogP contribution in [-0.2, 0) is 10.0 Å². The van der Waals surface area contributed by atoms with Gasteiger partial charge in [0.15, 0.2) is 0 Å². The van der Waals surface area contributed by atoms with Crippen LogP contribution < -0.4 is 4.72 Å². The van der Waals surface area contributed by atoms with Gasteiger partial charge >= 0.3 is 0 Å². The number of H-pyrrole nitrogens is 1. The highest BCUT2D eigenvalue weighted by Crippen LogP contribution is 2.26. The van der Waals surface area contributed by atoms with E-state index < -0.39 is 10.0 Å². The molecule has 8 heteroatoms. The molecule has 98 valence electrons. The monoisotopic (exact) mass is 296 g/mol. The maximum absolute atomic E-state index is 12.1. The minimum atomic E-state index is -3.79. The summed E-state index contributed by atoms with van der Waals surface area (Å²) >= 11 is 5.90. The summed E-state index contributed by atoms with van der Waals surface area (Å²) in [5.74, 6) is 0. The summed E-state index contributed by atoms with van der Waals surface area (Å²) in [6.07, 6.45) is 1.21. The van der Waals surface area contributed by atoms with Gasteiger partial charge in [-0.3, -0.25) is 9.82 Å². The number of nitriles is 1. The molecule has 0 atom stereocenters. The number of hydrogen-bond donors (Lipinski definition) is 2. The predicted octanol–water partition coefficient (Wildman–Crippen LogP) is 2.04. The molecule has 19 heavy (non-hydrogen) atoms. The van der Waals surface area contributed by atoms with Gasteiger partial charge in [-0.05, 0) is 25.1 Å². The first kappa shape index (κ1) is 13.4. The van der Waals surface area contributed by atoms with Gasteiger partial charge in [-0.1, -0.05) is 11.6 Å². The van der Waals surface area contributed by atoms with Gasteiger partial charge in [-0.15, -0.1) is 0 Å². The molecule has 0 spiro atoms. The summed E-state index contributed by atoms with van der Waals surface area (Å²) in [7, 11) is -3.79. The molecule has 0 aliphatic rings. The Morgan fingerprint density at radius 2 is 2.21 bits per heavy atom. The van der Waals surface area contributed by atoms with E-state index in [4.69, 9.17) is 16.9 Å². The first-order valence-electron chi connectivity index (χ1n) is 5.16. The first-order chi connectivity index (χ1) is 8.94. The molecular weight excluding hydrogens is 288 g/mol. The number of nitrogens with zero attached hydrogens (tertiary/aromatic N) is 2. The minimum absolute atomic E-state index is 0.0333. The Morgan fingerprint density at radius 1 is 1.47 bits per heavy atom. The molecule has 0 saturated heterocycles. The van der Waals surface area contributed by atoms with Gasteiger partial charge in [0.05, 0.1) is 34.2 Å². The lowest BCUT2D eigenvalue weighted by molar-refractivity contribution is 0.600. The molecule has 0 aliphatic heterocycles. The Kier molecular flexibility index (Phi) is 3.46. The van der Waals surface area contributed by atoms with Crippen molar-refractivity contribution in [3.63, 3.8) is 0 Å². The van der Waals surface area contributed by atoms with Gasteiger partial charge in [0.1, 0.15) is 4.90 Å². The standard InChI is InChI=1S/C11H9ClN4O2S/c1-7-11(6-14-15-7)19(17,18)16-10-4-8(5-13)2-3-9(10)12/h2-4,6,16H,1H3,(H,14,15). The second-order valence-electron chi connectivity index (χ2n) is 3.77. The van der Waals surface area contributed by atoms with Gasteiger partial charge in [-0.2, -0.15) is 10.4 Å². The van der Waals surface area contributed by atoms with Gasteiger partial charge in [0.2, 0.25) is 0 Å². The summed E-state index contributed by atoms with van der Waals surface area (Å²) < 4.78 is 26.6. The fourth-order valence-corrected chi connectivity index (χ4v) is 2.91. The van der Waals surface area contributed by atoms with Crippen LogP contribution >= 0.6 is 11.6 Å².